The SMILES string of the molecule is CC1(CNCc2cccc(C(N)=O)c2)CCOCC1. The van der Waals surface area contributed by atoms with Gasteiger partial charge in [0.1, 0.15) is 0 Å². The van der Waals surface area contributed by atoms with Gasteiger partial charge in [0.25, 0.3) is 0 Å². The topological polar surface area (TPSA) is 64.3 Å². The number of rotatable bonds is 5. The van der Waals surface area contributed by atoms with Crippen molar-refractivity contribution in [2.75, 3.05) is 19.8 Å². The molecule has 0 aliphatic carbocycles. The van der Waals surface area contributed by atoms with E-state index in [-0.39, 0.29) is 5.91 Å². The molecule has 0 atom stereocenters. The first-order chi connectivity index (χ1) is 9.09. The van der Waals surface area contributed by atoms with Crippen LogP contribution in [0.5, 0.6) is 0 Å². The first-order valence-corrected chi connectivity index (χ1v) is 6.76. The van der Waals surface area contributed by atoms with Crippen LogP contribution in [0.25, 0.3) is 0 Å². The van der Waals surface area contributed by atoms with E-state index in [1.54, 1.807) is 6.07 Å². The van der Waals surface area contributed by atoms with E-state index < -0.39 is 0 Å². The molecule has 0 unspecified atom stereocenters. The van der Waals surface area contributed by atoms with Gasteiger partial charge in [-0.3, -0.25) is 4.79 Å². The fourth-order valence-electron chi connectivity index (χ4n) is 2.38. The van der Waals surface area contributed by atoms with E-state index in [1.165, 1.54) is 0 Å². The summed E-state index contributed by atoms with van der Waals surface area (Å²) >= 11 is 0. The molecule has 0 bridgehead atoms. The van der Waals surface area contributed by atoms with Crippen LogP contribution in [0.15, 0.2) is 24.3 Å². The zero-order valence-electron chi connectivity index (χ0n) is 11.4. The quantitative estimate of drug-likeness (QED) is 0.848. The van der Waals surface area contributed by atoms with Crippen molar-refractivity contribution in [1.82, 2.24) is 5.32 Å². The molecule has 1 fully saturated rings. The highest BCUT2D eigenvalue weighted by Crippen LogP contribution is 2.28. The highest BCUT2D eigenvalue weighted by atomic mass is 16.5. The van der Waals surface area contributed by atoms with Gasteiger partial charge in [0, 0.05) is 31.9 Å². The molecular weight excluding hydrogens is 240 g/mol. The van der Waals surface area contributed by atoms with Crippen molar-refractivity contribution < 1.29 is 9.53 Å². The van der Waals surface area contributed by atoms with Crippen LogP contribution < -0.4 is 11.1 Å². The summed E-state index contributed by atoms with van der Waals surface area (Å²) in [7, 11) is 0. The van der Waals surface area contributed by atoms with Crippen molar-refractivity contribution in [3.63, 3.8) is 0 Å². The predicted octanol–water partition coefficient (Wildman–Crippen LogP) is 1.69. The number of benzene rings is 1. The Balaban J connectivity index is 1.85. The molecule has 4 nitrogen and oxygen atoms in total. The molecule has 104 valence electrons. The molecule has 1 saturated heterocycles. The fraction of sp³-hybridized carbons (Fsp3) is 0.533. The van der Waals surface area contributed by atoms with Crippen molar-refractivity contribution in [2.45, 2.75) is 26.3 Å². The summed E-state index contributed by atoms with van der Waals surface area (Å²) in [6.45, 7) is 5.74. The van der Waals surface area contributed by atoms with Crippen molar-refractivity contribution in [3.8, 4) is 0 Å². The molecular formula is C15H22N2O2. The van der Waals surface area contributed by atoms with E-state index in [4.69, 9.17) is 10.5 Å². The molecule has 1 amide bonds. The van der Waals surface area contributed by atoms with E-state index in [0.29, 0.717) is 11.0 Å². The van der Waals surface area contributed by atoms with Gasteiger partial charge < -0.3 is 15.8 Å². The number of nitrogens with two attached hydrogens (primary N) is 1. The fourth-order valence-corrected chi connectivity index (χ4v) is 2.38. The molecule has 1 aliphatic rings. The van der Waals surface area contributed by atoms with E-state index in [2.05, 4.69) is 12.2 Å². The maximum Gasteiger partial charge on any atom is 0.248 e. The van der Waals surface area contributed by atoms with Gasteiger partial charge in [-0.25, -0.2) is 0 Å². The van der Waals surface area contributed by atoms with E-state index in [0.717, 1.165) is 44.7 Å². The summed E-state index contributed by atoms with van der Waals surface area (Å²) in [4.78, 5) is 11.1. The molecule has 2 rings (SSSR count). The van der Waals surface area contributed by atoms with Crippen LogP contribution in [0.4, 0.5) is 0 Å². The van der Waals surface area contributed by atoms with Crippen LogP contribution in [0, 0.1) is 5.41 Å². The zero-order valence-corrected chi connectivity index (χ0v) is 11.4. The number of primary amides is 1. The molecule has 0 radical (unpaired) electrons. The second-order valence-corrected chi connectivity index (χ2v) is 5.59. The minimum atomic E-state index is -0.377. The van der Waals surface area contributed by atoms with E-state index in [9.17, 15) is 4.79 Å². The van der Waals surface area contributed by atoms with Gasteiger partial charge in [-0.1, -0.05) is 19.1 Å². The number of amides is 1. The van der Waals surface area contributed by atoms with Crippen LogP contribution in [-0.2, 0) is 11.3 Å². The summed E-state index contributed by atoms with van der Waals surface area (Å²) < 4.78 is 5.39. The molecule has 1 heterocycles. The van der Waals surface area contributed by atoms with Gasteiger partial charge in [-0.15, -0.1) is 0 Å². The van der Waals surface area contributed by atoms with Crippen LogP contribution in [0.3, 0.4) is 0 Å². The summed E-state index contributed by atoms with van der Waals surface area (Å²) in [6, 6.07) is 7.46. The largest absolute Gasteiger partial charge is 0.381 e. The van der Waals surface area contributed by atoms with E-state index >= 15 is 0 Å². The van der Waals surface area contributed by atoms with Crippen LogP contribution >= 0.6 is 0 Å². The van der Waals surface area contributed by atoms with Crippen LogP contribution in [-0.4, -0.2) is 25.7 Å². The second-order valence-electron chi connectivity index (χ2n) is 5.59. The normalized spacial score (nSPS) is 18.2. The third-order valence-corrected chi connectivity index (χ3v) is 3.79. The van der Waals surface area contributed by atoms with Gasteiger partial charge in [0.2, 0.25) is 5.91 Å². The van der Waals surface area contributed by atoms with Crippen molar-refractivity contribution in [1.29, 1.82) is 0 Å². The molecule has 0 saturated carbocycles. The Morgan fingerprint density at radius 1 is 1.42 bits per heavy atom. The summed E-state index contributed by atoms with van der Waals surface area (Å²) in [6.07, 6.45) is 2.20. The highest BCUT2D eigenvalue weighted by Gasteiger charge is 2.26. The van der Waals surface area contributed by atoms with Crippen molar-refractivity contribution in [2.24, 2.45) is 11.1 Å². The first kappa shape index (κ1) is 14.0. The van der Waals surface area contributed by atoms with Gasteiger partial charge in [0.15, 0.2) is 0 Å². The number of hydrogen-bond donors (Lipinski definition) is 2. The maximum absolute atomic E-state index is 11.1. The Morgan fingerprint density at radius 3 is 2.84 bits per heavy atom. The standard InChI is InChI=1S/C15H22N2O2/c1-15(5-7-19-8-6-15)11-17-10-12-3-2-4-13(9-12)14(16)18/h2-4,9,17H,5-8,10-11H2,1H3,(H2,16,18). The molecule has 1 aromatic carbocycles. The average Bonchev–Trinajstić information content (AvgIpc) is 2.39. The van der Waals surface area contributed by atoms with Gasteiger partial charge >= 0.3 is 0 Å². The number of ether oxygens (including phenoxy) is 1. The van der Waals surface area contributed by atoms with Crippen LogP contribution in [0.2, 0.25) is 0 Å². The second kappa shape index (κ2) is 6.17. The third-order valence-electron chi connectivity index (χ3n) is 3.79. The Kier molecular flexibility index (Phi) is 4.56. The first-order valence-electron chi connectivity index (χ1n) is 6.76. The lowest BCUT2D eigenvalue weighted by Crippen LogP contribution is -2.36. The number of carbonyl (C=O) groups is 1. The minimum Gasteiger partial charge on any atom is -0.381 e. The smallest absolute Gasteiger partial charge is 0.248 e. The molecule has 19 heavy (non-hydrogen) atoms. The highest BCUT2D eigenvalue weighted by molar-refractivity contribution is 5.92. The van der Waals surface area contributed by atoms with Gasteiger partial charge in [-0.05, 0) is 36.0 Å². The molecule has 0 spiro atoms. The monoisotopic (exact) mass is 262 g/mol. The maximum atomic E-state index is 11.1. The van der Waals surface area contributed by atoms with Crippen LogP contribution in [0.1, 0.15) is 35.7 Å². The Hall–Kier alpha value is -1.39. The molecule has 3 N–H and O–H groups in total. The predicted molar refractivity (Wildman–Crippen MR) is 74.8 cm³/mol. The van der Waals surface area contributed by atoms with Crippen molar-refractivity contribution in [3.05, 3.63) is 35.4 Å². The average molecular weight is 262 g/mol. The number of hydrogen-bond acceptors (Lipinski definition) is 3. The van der Waals surface area contributed by atoms with Gasteiger partial charge in [-0.2, -0.15) is 0 Å². The molecule has 0 aromatic heterocycles. The Morgan fingerprint density at radius 2 is 2.16 bits per heavy atom. The third kappa shape index (κ3) is 4.04. The molecule has 1 aromatic rings. The summed E-state index contributed by atoms with van der Waals surface area (Å²) in [5.41, 5.74) is 7.25. The lowest BCUT2D eigenvalue weighted by molar-refractivity contribution is 0.0240. The number of nitrogens with one attached hydrogen (secondary N) is 1. The Bertz CT molecular complexity index is 440. The minimum absolute atomic E-state index is 0.319. The van der Waals surface area contributed by atoms with E-state index in [1.807, 2.05) is 18.2 Å². The summed E-state index contributed by atoms with van der Waals surface area (Å²) in [5.74, 6) is -0.377. The number of carbonyl (C=O) groups excluding carboxylic acids is 1. The zero-order chi connectivity index (χ0) is 13.7. The Labute approximate surface area is 114 Å². The van der Waals surface area contributed by atoms with Gasteiger partial charge in [0.05, 0.1) is 0 Å². The molecule has 1 aliphatic heterocycles. The lowest BCUT2D eigenvalue weighted by atomic mass is 9.82. The van der Waals surface area contributed by atoms with Crippen molar-refractivity contribution >= 4 is 5.91 Å². The molecule has 4 heteroatoms. The summed E-state index contributed by atoms with van der Waals surface area (Å²) in [5, 5.41) is 3.47. The lowest BCUT2D eigenvalue weighted by Gasteiger charge is -2.33.